The van der Waals surface area contributed by atoms with Crippen LogP contribution in [0.5, 0.6) is 0 Å². The molecule has 24 aromatic rings. The van der Waals surface area contributed by atoms with Gasteiger partial charge in [0.05, 0.1) is 101 Å². The van der Waals surface area contributed by atoms with Crippen LogP contribution in [0.25, 0.3) is 234 Å². The van der Waals surface area contributed by atoms with Crippen LogP contribution >= 0.6 is 0 Å². The van der Waals surface area contributed by atoms with E-state index in [-0.39, 0.29) is 0 Å². The molecule has 0 aliphatic carbocycles. The molecule has 0 unspecified atom stereocenters. The highest BCUT2D eigenvalue weighted by molar-refractivity contribution is 6.15. The second-order valence-electron chi connectivity index (χ2n) is 31.8. The van der Waals surface area contributed by atoms with E-state index in [2.05, 4.69) is 443 Å². The van der Waals surface area contributed by atoms with Gasteiger partial charge in [-0.15, -0.1) is 0 Å². The van der Waals surface area contributed by atoms with Crippen LogP contribution in [-0.4, -0.2) is 48.2 Å². The lowest BCUT2D eigenvalue weighted by Gasteiger charge is -2.14. The summed E-state index contributed by atoms with van der Waals surface area (Å²) in [5, 5.41) is 9.12. The monoisotopic (exact) mass is 1580 g/mol. The Bertz CT molecular complexity index is 7730. The first-order chi connectivity index (χ1) is 61.4. The van der Waals surface area contributed by atoms with Crippen LogP contribution in [0.2, 0.25) is 0 Å². The molecule has 0 bridgehead atoms. The highest BCUT2D eigenvalue weighted by Crippen LogP contribution is 2.45. The largest absolute Gasteiger partial charge is 0.309 e. The minimum absolute atomic E-state index is 0.575. The normalized spacial score (nSPS) is 11.7. The summed E-state index contributed by atoms with van der Waals surface area (Å²) in [6.45, 7) is 0. The van der Waals surface area contributed by atoms with Gasteiger partial charge in [0, 0.05) is 87.6 Å². The van der Waals surface area contributed by atoms with Crippen molar-refractivity contribution in [3.63, 3.8) is 0 Å². The van der Waals surface area contributed by atoms with E-state index in [1.54, 1.807) is 0 Å². The summed E-state index contributed by atoms with van der Waals surface area (Å²) < 4.78 is 9.27. The molecule has 10 heteroatoms. The Morgan fingerprint density at radius 1 is 0.121 bits per heavy atom. The molecule has 16 aromatic carbocycles. The van der Waals surface area contributed by atoms with E-state index >= 15 is 0 Å². The number of pyridine rings is 2. The van der Waals surface area contributed by atoms with Crippen molar-refractivity contribution in [2.45, 2.75) is 0 Å². The third kappa shape index (κ3) is 12.4. The fourth-order valence-electron chi connectivity index (χ4n) is 18.5. The lowest BCUT2D eigenvalue weighted by Crippen LogP contribution is -2.04. The number of rotatable bonds is 15. The second-order valence-corrected chi connectivity index (χ2v) is 31.8. The van der Waals surface area contributed by atoms with Crippen LogP contribution in [0.4, 0.5) is 0 Å². The van der Waals surface area contributed by atoms with Gasteiger partial charge in [0.25, 0.3) is 0 Å². The lowest BCUT2D eigenvalue weighted by molar-refractivity contribution is 0.995. The van der Waals surface area contributed by atoms with Crippen molar-refractivity contribution in [1.82, 2.24) is 48.2 Å². The van der Waals surface area contributed by atoms with Crippen molar-refractivity contribution in [3.8, 4) is 147 Å². The van der Waals surface area contributed by atoms with Gasteiger partial charge < -0.3 is 9.13 Å². The molecule has 124 heavy (non-hydrogen) atoms. The standard InChI is InChI=1S/C114H72N10/c1-7-29-73(30-8-1)97-67-87(68-98(115-97)74-31-9-2-10-32-74)121-105-49-23-19-45-89(105)93-63-81(53-57-109(93)121)82-54-58-110-94(64-82)90-46-20-24-50-106(90)122(110)88-69-99(75-33-11-3-12-34-75)116-100(70-88)85-43-27-41-79(61-85)80-42-28-44-86(62-80)104-72-103(78-39-17-6-18-40-78)119-114(120-104)124-108-52-26-22-48-92(108)96-66-84(56-60-112(96)124)83-55-59-111-95(65-83)91-47-21-25-51-107(91)123(111)113-117-101(76-35-13-4-14-36-76)71-102(118-113)77-37-15-5-16-38-77/h1-72H. The fourth-order valence-corrected chi connectivity index (χ4v) is 18.5. The molecule has 578 valence electrons. The average Bonchev–Trinajstić information content (AvgIpc) is 1.60. The van der Waals surface area contributed by atoms with E-state index in [1.807, 2.05) is 12.1 Å². The van der Waals surface area contributed by atoms with Gasteiger partial charge >= 0.3 is 0 Å². The molecule has 0 radical (unpaired) electrons. The fraction of sp³-hybridized carbons (Fsp3) is 0. The molecule has 10 nitrogen and oxygen atoms in total. The van der Waals surface area contributed by atoms with Gasteiger partial charge in [-0.1, -0.05) is 315 Å². The molecule has 0 N–H and O–H groups in total. The number of nitrogens with zero attached hydrogens (tertiary/aromatic N) is 10. The summed E-state index contributed by atoms with van der Waals surface area (Å²) in [6, 6.07) is 156. The molecule has 8 heterocycles. The van der Waals surface area contributed by atoms with Crippen molar-refractivity contribution in [2.75, 3.05) is 0 Å². The zero-order chi connectivity index (χ0) is 81.7. The van der Waals surface area contributed by atoms with Crippen molar-refractivity contribution in [2.24, 2.45) is 0 Å². The van der Waals surface area contributed by atoms with E-state index in [4.69, 9.17) is 29.9 Å². The second kappa shape index (κ2) is 29.6. The Balaban J connectivity index is 0.581. The average molecular weight is 1580 g/mol. The number of benzene rings is 16. The minimum Gasteiger partial charge on any atom is -0.309 e. The molecule has 8 aromatic heterocycles. The first-order valence-corrected chi connectivity index (χ1v) is 41.9. The zero-order valence-electron chi connectivity index (χ0n) is 67.0. The van der Waals surface area contributed by atoms with Crippen LogP contribution < -0.4 is 0 Å². The summed E-state index contributed by atoms with van der Waals surface area (Å²) in [6.07, 6.45) is 0. The molecule has 0 saturated carbocycles. The van der Waals surface area contributed by atoms with Gasteiger partial charge in [0.2, 0.25) is 11.9 Å². The molecule has 0 aliphatic rings. The molecule has 0 atom stereocenters. The Labute approximate surface area is 714 Å². The van der Waals surface area contributed by atoms with Crippen LogP contribution in [0.15, 0.2) is 437 Å². The maximum Gasteiger partial charge on any atom is 0.235 e. The van der Waals surface area contributed by atoms with E-state index in [0.29, 0.717) is 11.9 Å². The number of fused-ring (bicyclic) bond motifs is 12. The Morgan fingerprint density at radius 3 is 0.613 bits per heavy atom. The van der Waals surface area contributed by atoms with E-state index in [1.165, 1.54) is 16.2 Å². The molecular formula is C114H72N10. The molecular weight excluding hydrogens is 1510 g/mol. The van der Waals surface area contributed by atoms with Crippen LogP contribution in [-0.2, 0) is 0 Å². The molecule has 24 rings (SSSR count). The third-order valence-corrected chi connectivity index (χ3v) is 24.4. The third-order valence-electron chi connectivity index (χ3n) is 24.4. The van der Waals surface area contributed by atoms with Gasteiger partial charge in [0.15, 0.2) is 0 Å². The Kier molecular flexibility index (Phi) is 17.0. The topological polar surface area (TPSA) is 97.1 Å². The lowest BCUT2D eigenvalue weighted by atomic mass is 9.98. The molecule has 0 aliphatic heterocycles. The molecule has 0 fully saturated rings. The van der Waals surface area contributed by atoms with Gasteiger partial charge in [-0.2, -0.15) is 0 Å². The molecule has 0 amide bonds. The quantitative estimate of drug-likeness (QED) is 0.101. The predicted molar refractivity (Wildman–Crippen MR) is 510 cm³/mol. The van der Waals surface area contributed by atoms with Gasteiger partial charge in [-0.25, -0.2) is 29.9 Å². The number of hydrogen-bond donors (Lipinski definition) is 0. The van der Waals surface area contributed by atoms with Gasteiger partial charge in [-0.3, -0.25) is 9.13 Å². The number of para-hydroxylation sites is 4. The summed E-state index contributed by atoms with van der Waals surface area (Å²) in [5.41, 5.74) is 32.2. The summed E-state index contributed by atoms with van der Waals surface area (Å²) in [7, 11) is 0. The maximum atomic E-state index is 5.60. The van der Waals surface area contributed by atoms with Gasteiger partial charge in [0.1, 0.15) is 0 Å². The first kappa shape index (κ1) is 71.3. The number of hydrogen-bond acceptors (Lipinski definition) is 6. The highest BCUT2D eigenvalue weighted by Gasteiger charge is 2.25. The predicted octanol–water partition coefficient (Wildman–Crippen LogP) is 28.8. The van der Waals surface area contributed by atoms with Crippen LogP contribution in [0.3, 0.4) is 0 Å². The van der Waals surface area contributed by atoms with Gasteiger partial charge in [-0.05, 0) is 155 Å². The van der Waals surface area contributed by atoms with Crippen molar-refractivity contribution >= 4 is 87.2 Å². The number of aromatic nitrogens is 10. The molecule has 0 spiro atoms. The van der Waals surface area contributed by atoms with E-state index < -0.39 is 0 Å². The van der Waals surface area contributed by atoms with Crippen LogP contribution in [0, 0.1) is 0 Å². The van der Waals surface area contributed by atoms with E-state index in [9.17, 15) is 0 Å². The maximum absolute atomic E-state index is 5.60. The zero-order valence-corrected chi connectivity index (χ0v) is 67.0. The van der Waals surface area contributed by atoms with Crippen molar-refractivity contribution in [1.29, 1.82) is 0 Å². The Hall–Kier alpha value is -16.8. The highest BCUT2D eigenvalue weighted by atomic mass is 15.2. The van der Waals surface area contributed by atoms with E-state index in [0.717, 1.165) is 206 Å². The summed E-state index contributed by atoms with van der Waals surface area (Å²) >= 11 is 0. The first-order valence-electron chi connectivity index (χ1n) is 41.9. The molecule has 0 saturated heterocycles. The van der Waals surface area contributed by atoms with Crippen molar-refractivity contribution in [3.05, 3.63) is 437 Å². The summed E-state index contributed by atoms with van der Waals surface area (Å²) in [5.74, 6) is 1.19. The van der Waals surface area contributed by atoms with Crippen LogP contribution in [0.1, 0.15) is 0 Å². The van der Waals surface area contributed by atoms with Crippen molar-refractivity contribution < 1.29 is 0 Å². The smallest absolute Gasteiger partial charge is 0.235 e. The Morgan fingerprint density at radius 2 is 0.323 bits per heavy atom. The summed E-state index contributed by atoms with van der Waals surface area (Å²) in [4.78, 5) is 32.5. The SMILES string of the molecule is c1ccc(-c2cc(-n3c4ccccc4c4cc(-c5ccc6c(c5)c5ccccc5n6-c5cc(-c6ccccc6)nc(-c6cccc(-c7cccc(-c8cc(-c9ccccc9)nc(-n9c%10ccccc%10c%10cc(-c%11ccc%12c(c%11)c%11ccccc%11n%12-c%11nc(-c%12ccccc%12)cc(-c%12ccccc%12)n%11)ccc%109)n8)c7)c6)c5)ccc43)cc(-c3ccccc3)n2)cc1. The minimum atomic E-state index is 0.575.